The monoisotopic (exact) mass is 335 g/mol. The fourth-order valence-electron chi connectivity index (χ4n) is 2.48. The average Bonchev–Trinajstić information content (AvgIpc) is 3.02. The van der Waals surface area contributed by atoms with Crippen molar-refractivity contribution in [1.82, 2.24) is 9.55 Å². The van der Waals surface area contributed by atoms with Crippen LogP contribution in [0, 0.1) is 12.3 Å². The molecular formula is C19H17N3O3. The molecule has 1 heterocycles. The molecule has 0 aliphatic carbocycles. The number of carbonyl (C=O) groups is 1. The number of benzene rings is 2. The summed E-state index contributed by atoms with van der Waals surface area (Å²) in [4.78, 5) is 15.1. The predicted molar refractivity (Wildman–Crippen MR) is 96.3 cm³/mol. The molecule has 6 nitrogen and oxygen atoms in total. The number of amides is 1. The summed E-state index contributed by atoms with van der Waals surface area (Å²) < 4.78 is 7.61. The zero-order valence-electron chi connectivity index (χ0n) is 13.5. The molecule has 0 aliphatic rings. The number of terminal acetylenes is 1. The molecule has 2 aromatic carbocycles. The quantitative estimate of drug-likeness (QED) is 0.529. The molecule has 0 fully saturated rings. The van der Waals surface area contributed by atoms with Gasteiger partial charge in [-0.1, -0.05) is 0 Å². The fourth-order valence-corrected chi connectivity index (χ4v) is 2.48. The Hall–Kier alpha value is -3.46. The molecule has 0 radical (unpaired) electrons. The first-order valence-electron chi connectivity index (χ1n) is 7.81. The lowest BCUT2D eigenvalue weighted by Crippen LogP contribution is -2.07. The van der Waals surface area contributed by atoms with E-state index in [9.17, 15) is 4.79 Å². The first-order chi connectivity index (χ1) is 12.2. The van der Waals surface area contributed by atoms with Crippen molar-refractivity contribution in [3.8, 4) is 23.8 Å². The van der Waals surface area contributed by atoms with Gasteiger partial charge in [-0.15, -0.1) is 12.3 Å². The Kier molecular flexibility index (Phi) is 4.86. The predicted octanol–water partition coefficient (Wildman–Crippen LogP) is 3.91. The molecule has 1 amide bonds. The minimum atomic E-state index is -1.09. The van der Waals surface area contributed by atoms with E-state index in [2.05, 4.69) is 16.2 Å². The number of rotatable bonds is 6. The van der Waals surface area contributed by atoms with Gasteiger partial charge in [-0.25, -0.2) is 9.78 Å². The van der Waals surface area contributed by atoms with Crippen LogP contribution in [0.5, 0.6) is 5.75 Å². The highest BCUT2D eigenvalue weighted by atomic mass is 16.5. The molecule has 0 aliphatic heterocycles. The van der Waals surface area contributed by atoms with Crippen LogP contribution in [0.15, 0.2) is 48.8 Å². The molecule has 0 saturated carbocycles. The van der Waals surface area contributed by atoms with Gasteiger partial charge < -0.3 is 9.84 Å². The van der Waals surface area contributed by atoms with Gasteiger partial charge in [0.2, 0.25) is 0 Å². The van der Waals surface area contributed by atoms with Crippen LogP contribution < -0.4 is 10.1 Å². The molecule has 0 spiro atoms. The van der Waals surface area contributed by atoms with Gasteiger partial charge in [0, 0.05) is 23.9 Å². The van der Waals surface area contributed by atoms with Crippen molar-refractivity contribution < 1.29 is 14.6 Å². The first kappa shape index (κ1) is 16.4. The first-order valence-corrected chi connectivity index (χ1v) is 7.81. The average molecular weight is 335 g/mol. The van der Waals surface area contributed by atoms with Gasteiger partial charge in [0.1, 0.15) is 12.1 Å². The maximum Gasteiger partial charge on any atom is 0.409 e. The van der Waals surface area contributed by atoms with E-state index >= 15 is 0 Å². The van der Waals surface area contributed by atoms with E-state index in [1.165, 1.54) is 0 Å². The summed E-state index contributed by atoms with van der Waals surface area (Å²) >= 11 is 0. The smallest absolute Gasteiger partial charge is 0.409 e. The van der Waals surface area contributed by atoms with E-state index in [0.29, 0.717) is 18.7 Å². The number of anilines is 1. The Labute approximate surface area is 145 Å². The lowest BCUT2D eigenvalue weighted by Gasteiger charge is -2.07. The van der Waals surface area contributed by atoms with E-state index in [4.69, 9.17) is 16.3 Å². The van der Waals surface area contributed by atoms with Gasteiger partial charge in [0.25, 0.3) is 0 Å². The highest BCUT2D eigenvalue weighted by Gasteiger charge is 2.07. The highest BCUT2D eigenvalue weighted by molar-refractivity contribution is 5.83. The summed E-state index contributed by atoms with van der Waals surface area (Å²) in [6, 6.07) is 12.8. The number of imidazole rings is 1. The van der Waals surface area contributed by atoms with Crippen LogP contribution in [-0.4, -0.2) is 27.4 Å². The number of ether oxygens (including phenoxy) is 1. The maximum absolute atomic E-state index is 10.7. The molecule has 126 valence electrons. The number of carboxylic acid groups (broad SMARTS) is 1. The number of nitrogens with one attached hydrogen (secondary N) is 1. The van der Waals surface area contributed by atoms with Crippen LogP contribution in [0.25, 0.3) is 16.7 Å². The summed E-state index contributed by atoms with van der Waals surface area (Å²) in [6.07, 6.45) is 7.38. The summed E-state index contributed by atoms with van der Waals surface area (Å²) in [6.45, 7) is 0.578. The largest absolute Gasteiger partial charge is 0.493 e. The molecule has 0 bridgehead atoms. The highest BCUT2D eigenvalue weighted by Crippen LogP contribution is 2.23. The topological polar surface area (TPSA) is 76.4 Å². The maximum atomic E-state index is 10.7. The standard InChI is InChI=1S/C19H17N3O3/c1-2-3-4-11-25-16-9-10-18-17(12-16)20-13-22(18)15-7-5-14(6-8-15)21-19(23)24/h1,5-10,12-13,21H,3-4,11H2,(H,23,24). The van der Waals surface area contributed by atoms with Crippen molar-refractivity contribution in [2.75, 3.05) is 11.9 Å². The number of fused-ring (bicyclic) bond motifs is 1. The number of unbranched alkanes of at least 4 members (excludes halogenated alkanes) is 1. The Morgan fingerprint density at radius 3 is 2.80 bits per heavy atom. The minimum absolute atomic E-state index is 0.517. The number of hydrogen-bond acceptors (Lipinski definition) is 3. The molecule has 1 aromatic heterocycles. The Bertz CT molecular complexity index is 923. The van der Waals surface area contributed by atoms with E-state index in [1.807, 2.05) is 34.9 Å². The van der Waals surface area contributed by atoms with Crippen molar-refractivity contribution in [3.63, 3.8) is 0 Å². The van der Waals surface area contributed by atoms with E-state index in [1.54, 1.807) is 18.5 Å². The van der Waals surface area contributed by atoms with Crippen molar-refractivity contribution in [2.45, 2.75) is 12.8 Å². The van der Waals surface area contributed by atoms with E-state index in [-0.39, 0.29) is 0 Å². The molecule has 3 rings (SSSR count). The molecule has 0 saturated heterocycles. The van der Waals surface area contributed by atoms with Gasteiger partial charge in [-0.05, 0) is 42.8 Å². The third kappa shape index (κ3) is 3.90. The van der Waals surface area contributed by atoms with Crippen LogP contribution in [-0.2, 0) is 0 Å². The van der Waals surface area contributed by atoms with Gasteiger partial charge in [-0.2, -0.15) is 0 Å². The molecular weight excluding hydrogens is 318 g/mol. The number of aromatic nitrogens is 2. The minimum Gasteiger partial charge on any atom is -0.493 e. The lowest BCUT2D eigenvalue weighted by atomic mass is 10.2. The molecule has 25 heavy (non-hydrogen) atoms. The molecule has 3 aromatic rings. The number of hydrogen-bond donors (Lipinski definition) is 2. The van der Waals surface area contributed by atoms with Crippen molar-refractivity contribution >= 4 is 22.8 Å². The second-order valence-electron chi connectivity index (χ2n) is 5.40. The normalized spacial score (nSPS) is 10.4. The van der Waals surface area contributed by atoms with Crippen LogP contribution >= 0.6 is 0 Å². The molecule has 0 unspecified atom stereocenters. The Morgan fingerprint density at radius 1 is 1.28 bits per heavy atom. The summed E-state index contributed by atoms with van der Waals surface area (Å²) in [5.41, 5.74) is 3.17. The zero-order chi connectivity index (χ0) is 17.6. The fraction of sp³-hybridized carbons (Fsp3) is 0.158. The van der Waals surface area contributed by atoms with Gasteiger partial charge >= 0.3 is 6.09 Å². The Balaban J connectivity index is 1.79. The lowest BCUT2D eigenvalue weighted by molar-refractivity contribution is 0.209. The summed E-state index contributed by atoms with van der Waals surface area (Å²) in [5, 5.41) is 11.0. The zero-order valence-corrected chi connectivity index (χ0v) is 13.5. The van der Waals surface area contributed by atoms with E-state index < -0.39 is 6.09 Å². The molecule has 0 atom stereocenters. The van der Waals surface area contributed by atoms with Crippen molar-refractivity contribution in [2.24, 2.45) is 0 Å². The second kappa shape index (κ2) is 7.41. The second-order valence-corrected chi connectivity index (χ2v) is 5.40. The third-order valence-electron chi connectivity index (χ3n) is 3.65. The van der Waals surface area contributed by atoms with Gasteiger partial charge in [0.05, 0.1) is 17.6 Å². The van der Waals surface area contributed by atoms with Crippen LogP contribution in [0.3, 0.4) is 0 Å². The SMILES string of the molecule is C#CCCCOc1ccc2c(c1)ncn2-c1ccc(NC(=O)O)cc1. The molecule has 2 N–H and O–H groups in total. The summed E-state index contributed by atoms with van der Waals surface area (Å²) in [7, 11) is 0. The summed E-state index contributed by atoms with van der Waals surface area (Å²) in [5.74, 6) is 3.35. The van der Waals surface area contributed by atoms with Gasteiger partial charge in [-0.3, -0.25) is 9.88 Å². The van der Waals surface area contributed by atoms with E-state index in [0.717, 1.165) is 28.9 Å². The van der Waals surface area contributed by atoms with Crippen LogP contribution in [0.4, 0.5) is 10.5 Å². The van der Waals surface area contributed by atoms with Crippen LogP contribution in [0.1, 0.15) is 12.8 Å². The van der Waals surface area contributed by atoms with Gasteiger partial charge in [0.15, 0.2) is 0 Å². The van der Waals surface area contributed by atoms with Crippen molar-refractivity contribution in [3.05, 3.63) is 48.8 Å². The third-order valence-corrected chi connectivity index (χ3v) is 3.65. The Morgan fingerprint density at radius 2 is 2.08 bits per heavy atom. The van der Waals surface area contributed by atoms with Crippen molar-refractivity contribution in [1.29, 1.82) is 0 Å². The molecule has 6 heteroatoms. The van der Waals surface area contributed by atoms with Crippen LogP contribution in [0.2, 0.25) is 0 Å². The number of nitrogens with zero attached hydrogens (tertiary/aromatic N) is 2.